The Labute approximate surface area is 167 Å². The van der Waals surface area contributed by atoms with Crippen LogP contribution >= 0.6 is 0 Å². The van der Waals surface area contributed by atoms with Gasteiger partial charge in [-0.15, -0.1) is 0 Å². The number of rotatable bonds is 7. The standard InChI is InChI=1S/C23H29N3O2/c1-2-24-22(27)18-25-14-16-26(17-15-25)23(28)21-11-7-6-10-20(21)13-12-19-8-4-3-5-9-19/h3-11H,2,12-18H2,1H3,(H,24,27). The highest BCUT2D eigenvalue weighted by Gasteiger charge is 2.24. The first-order chi connectivity index (χ1) is 13.7. The maximum Gasteiger partial charge on any atom is 0.254 e. The van der Waals surface area contributed by atoms with Crippen molar-refractivity contribution in [1.29, 1.82) is 0 Å². The number of benzene rings is 2. The average Bonchev–Trinajstić information content (AvgIpc) is 2.73. The number of piperazine rings is 1. The summed E-state index contributed by atoms with van der Waals surface area (Å²) in [5.74, 6) is 0.148. The van der Waals surface area contributed by atoms with E-state index in [1.165, 1.54) is 5.56 Å². The molecule has 5 heteroatoms. The second kappa shape index (κ2) is 10.0. The fourth-order valence-electron chi connectivity index (χ4n) is 3.61. The summed E-state index contributed by atoms with van der Waals surface area (Å²) in [6.07, 6.45) is 1.77. The van der Waals surface area contributed by atoms with E-state index in [9.17, 15) is 9.59 Å². The first-order valence-corrected chi connectivity index (χ1v) is 10.1. The Balaban J connectivity index is 1.58. The van der Waals surface area contributed by atoms with Crippen LogP contribution in [0.5, 0.6) is 0 Å². The van der Waals surface area contributed by atoms with Crippen molar-refractivity contribution in [3.63, 3.8) is 0 Å². The number of hydrogen-bond donors (Lipinski definition) is 1. The Kier molecular flexibility index (Phi) is 7.20. The second-order valence-electron chi connectivity index (χ2n) is 7.16. The number of aryl methyl sites for hydroxylation is 2. The lowest BCUT2D eigenvalue weighted by Crippen LogP contribution is -2.51. The van der Waals surface area contributed by atoms with E-state index >= 15 is 0 Å². The molecule has 1 saturated heterocycles. The lowest BCUT2D eigenvalue weighted by atomic mass is 9.99. The molecule has 2 aromatic carbocycles. The zero-order valence-corrected chi connectivity index (χ0v) is 16.6. The highest BCUT2D eigenvalue weighted by Crippen LogP contribution is 2.16. The van der Waals surface area contributed by atoms with Crippen LogP contribution in [0.3, 0.4) is 0 Å². The summed E-state index contributed by atoms with van der Waals surface area (Å²) >= 11 is 0. The third-order valence-electron chi connectivity index (χ3n) is 5.17. The van der Waals surface area contributed by atoms with E-state index in [2.05, 4.69) is 28.4 Å². The molecule has 3 rings (SSSR count). The van der Waals surface area contributed by atoms with Crippen molar-refractivity contribution in [2.45, 2.75) is 19.8 Å². The summed E-state index contributed by atoms with van der Waals surface area (Å²) < 4.78 is 0. The van der Waals surface area contributed by atoms with Crippen LogP contribution in [-0.2, 0) is 17.6 Å². The molecule has 0 aromatic heterocycles. The Bertz CT molecular complexity index is 783. The highest BCUT2D eigenvalue weighted by atomic mass is 16.2. The van der Waals surface area contributed by atoms with Gasteiger partial charge in [0.25, 0.3) is 5.91 Å². The topological polar surface area (TPSA) is 52.7 Å². The summed E-state index contributed by atoms with van der Waals surface area (Å²) in [6, 6.07) is 18.3. The minimum atomic E-state index is 0.0496. The summed E-state index contributed by atoms with van der Waals surface area (Å²) in [4.78, 5) is 28.9. The lowest BCUT2D eigenvalue weighted by Gasteiger charge is -2.34. The summed E-state index contributed by atoms with van der Waals surface area (Å²) in [5, 5.41) is 2.83. The van der Waals surface area contributed by atoms with Gasteiger partial charge in [0.15, 0.2) is 0 Å². The van der Waals surface area contributed by atoms with E-state index < -0.39 is 0 Å². The van der Waals surface area contributed by atoms with Crippen LogP contribution in [0.25, 0.3) is 0 Å². The largest absolute Gasteiger partial charge is 0.355 e. The number of amides is 2. The van der Waals surface area contributed by atoms with Crippen LogP contribution in [0.15, 0.2) is 54.6 Å². The van der Waals surface area contributed by atoms with Crippen LogP contribution in [0, 0.1) is 0 Å². The van der Waals surface area contributed by atoms with Gasteiger partial charge < -0.3 is 10.2 Å². The van der Waals surface area contributed by atoms with Gasteiger partial charge in [-0.3, -0.25) is 14.5 Å². The monoisotopic (exact) mass is 379 g/mol. The van der Waals surface area contributed by atoms with Crippen molar-refractivity contribution in [2.24, 2.45) is 0 Å². The van der Waals surface area contributed by atoms with E-state index in [1.54, 1.807) is 0 Å². The van der Waals surface area contributed by atoms with Gasteiger partial charge in [-0.1, -0.05) is 48.5 Å². The van der Waals surface area contributed by atoms with Crippen LogP contribution in [0.1, 0.15) is 28.4 Å². The molecule has 148 valence electrons. The minimum Gasteiger partial charge on any atom is -0.355 e. The molecule has 2 aromatic rings. The number of carbonyl (C=O) groups is 2. The normalized spacial score (nSPS) is 14.7. The van der Waals surface area contributed by atoms with Crippen molar-refractivity contribution < 1.29 is 9.59 Å². The third kappa shape index (κ3) is 5.42. The van der Waals surface area contributed by atoms with Crippen LogP contribution in [0.4, 0.5) is 0 Å². The van der Waals surface area contributed by atoms with Crippen molar-refractivity contribution in [3.05, 3.63) is 71.3 Å². The van der Waals surface area contributed by atoms with Gasteiger partial charge in [-0.25, -0.2) is 0 Å². The van der Waals surface area contributed by atoms with Gasteiger partial charge in [0.1, 0.15) is 0 Å². The maximum absolute atomic E-state index is 13.1. The quantitative estimate of drug-likeness (QED) is 0.804. The maximum atomic E-state index is 13.1. The molecule has 1 fully saturated rings. The molecule has 0 radical (unpaired) electrons. The molecule has 28 heavy (non-hydrogen) atoms. The molecule has 1 N–H and O–H groups in total. The van der Waals surface area contributed by atoms with Crippen LogP contribution in [0.2, 0.25) is 0 Å². The summed E-state index contributed by atoms with van der Waals surface area (Å²) in [7, 11) is 0. The Morgan fingerprint density at radius 1 is 0.893 bits per heavy atom. The van der Waals surface area contributed by atoms with Crippen molar-refractivity contribution in [2.75, 3.05) is 39.3 Å². The van der Waals surface area contributed by atoms with Gasteiger partial charge in [-0.05, 0) is 37.0 Å². The molecule has 1 aliphatic rings. The van der Waals surface area contributed by atoms with Gasteiger partial charge in [0, 0.05) is 38.3 Å². The van der Waals surface area contributed by atoms with Gasteiger partial charge in [0.2, 0.25) is 5.91 Å². The molecule has 2 amide bonds. The number of hydrogen-bond acceptors (Lipinski definition) is 3. The predicted molar refractivity (Wildman–Crippen MR) is 111 cm³/mol. The molecule has 5 nitrogen and oxygen atoms in total. The molecular formula is C23H29N3O2. The number of likely N-dealkylation sites (N-methyl/N-ethyl adjacent to an activating group) is 1. The molecule has 0 spiro atoms. The fourth-order valence-corrected chi connectivity index (χ4v) is 3.61. The molecule has 0 unspecified atom stereocenters. The summed E-state index contributed by atoms with van der Waals surface area (Å²) in [6.45, 7) is 5.75. The Morgan fingerprint density at radius 3 is 2.29 bits per heavy atom. The molecule has 0 aliphatic carbocycles. The molecular weight excluding hydrogens is 350 g/mol. The highest BCUT2D eigenvalue weighted by molar-refractivity contribution is 5.95. The fraction of sp³-hybridized carbons (Fsp3) is 0.391. The summed E-state index contributed by atoms with van der Waals surface area (Å²) in [5.41, 5.74) is 3.18. The van der Waals surface area contributed by atoms with Crippen LogP contribution < -0.4 is 5.32 Å². The van der Waals surface area contributed by atoms with E-state index in [0.29, 0.717) is 26.2 Å². The number of nitrogens with zero attached hydrogens (tertiary/aromatic N) is 2. The van der Waals surface area contributed by atoms with E-state index in [1.807, 2.05) is 48.2 Å². The van der Waals surface area contributed by atoms with E-state index in [0.717, 1.165) is 37.1 Å². The Morgan fingerprint density at radius 2 is 1.57 bits per heavy atom. The number of nitrogens with one attached hydrogen (secondary N) is 1. The van der Waals surface area contributed by atoms with Gasteiger partial charge in [-0.2, -0.15) is 0 Å². The first-order valence-electron chi connectivity index (χ1n) is 10.1. The number of carbonyl (C=O) groups excluding carboxylic acids is 2. The molecule has 0 saturated carbocycles. The smallest absolute Gasteiger partial charge is 0.254 e. The SMILES string of the molecule is CCNC(=O)CN1CCN(C(=O)c2ccccc2CCc2ccccc2)CC1. The zero-order valence-electron chi connectivity index (χ0n) is 16.6. The van der Waals surface area contributed by atoms with Crippen molar-refractivity contribution in [3.8, 4) is 0 Å². The van der Waals surface area contributed by atoms with Crippen LogP contribution in [-0.4, -0.2) is 60.9 Å². The second-order valence-corrected chi connectivity index (χ2v) is 7.16. The lowest BCUT2D eigenvalue weighted by molar-refractivity contribution is -0.122. The minimum absolute atomic E-state index is 0.0496. The van der Waals surface area contributed by atoms with E-state index in [4.69, 9.17) is 0 Å². The van der Waals surface area contributed by atoms with Crippen molar-refractivity contribution in [1.82, 2.24) is 15.1 Å². The van der Waals surface area contributed by atoms with Gasteiger partial charge >= 0.3 is 0 Å². The average molecular weight is 380 g/mol. The van der Waals surface area contributed by atoms with E-state index in [-0.39, 0.29) is 11.8 Å². The first kappa shape index (κ1) is 20.1. The van der Waals surface area contributed by atoms with Gasteiger partial charge in [0.05, 0.1) is 6.54 Å². The predicted octanol–water partition coefficient (Wildman–Crippen LogP) is 2.37. The molecule has 0 bridgehead atoms. The molecule has 0 atom stereocenters. The zero-order chi connectivity index (χ0) is 19.8. The van der Waals surface area contributed by atoms with Crippen molar-refractivity contribution >= 4 is 11.8 Å². The molecule has 1 heterocycles. The molecule has 1 aliphatic heterocycles. The Hall–Kier alpha value is -2.66. The third-order valence-corrected chi connectivity index (χ3v) is 5.17.